The predicted molar refractivity (Wildman–Crippen MR) is 108 cm³/mol. The molecule has 0 bridgehead atoms. The van der Waals surface area contributed by atoms with Crippen LogP contribution in [0.1, 0.15) is 98.3 Å². The first kappa shape index (κ1) is 25.4. The first-order valence-electron chi connectivity index (χ1n) is 11.1. The van der Waals surface area contributed by atoms with Crippen molar-refractivity contribution in [1.82, 2.24) is 0 Å². The van der Waals surface area contributed by atoms with Crippen LogP contribution in [0.4, 0.5) is 0 Å². The number of carboxylic acids is 1. The van der Waals surface area contributed by atoms with Gasteiger partial charge in [-0.1, -0.05) is 66.2 Å². The van der Waals surface area contributed by atoms with Crippen LogP contribution in [0.3, 0.4) is 0 Å². The van der Waals surface area contributed by atoms with Crippen LogP contribution in [0.25, 0.3) is 0 Å². The fourth-order valence-electron chi connectivity index (χ4n) is 3.95. The molecule has 4 heteroatoms. The number of unbranched alkanes of at least 4 members (excludes halogenated alkanes) is 7. The van der Waals surface area contributed by atoms with Gasteiger partial charge in [-0.15, -0.1) is 0 Å². The van der Waals surface area contributed by atoms with Crippen molar-refractivity contribution in [2.45, 2.75) is 104 Å². The van der Waals surface area contributed by atoms with Gasteiger partial charge in [0.1, 0.15) is 12.6 Å². The van der Waals surface area contributed by atoms with Crippen LogP contribution in [0.5, 0.6) is 0 Å². The lowest BCUT2D eigenvalue weighted by Crippen LogP contribution is -2.57. The second kappa shape index (κ2) is 15.4. The van der Waals surface area contributed by atoms with E-state index in [1.165, 1.54) is 32.1 Å². The molecule has 0 saturated carbocycles. The normalized spacial score (nSPS) is 14.3. The van der Waals surface area contributed by atoms with Gasteiger partial charge in [0.2, 0.25) is 0 Å². The summed E-state index contributed by atoms with van der Waals surface area (Å²) in [5.41, 5.74) is 0. The lowest BCUT2D eigenvalue weighted by Gasteiger charge is -2.42. The van der Waals surface area contributed by atoms with E-state index in [1.807, 2.05) is 0 Å². The van der Waals surface area contributed by atoms with Crippen LogP contribution >= 0.6 is 0 Å². The summed E-state index contributed by atoms with van der Waals surface area (Å²) in [6.45, 7) is 11.6. The molecule has 0 aromatic heterocycles. The maximum absolute atomic E-state index is 11.4. The van der Waals surface area contributed by atoms with Crippen LogP contribution < -0.4 is 5.11 Å². The Morgan fingerprint density at radius 2 is 1.35 bits per heavy atom. The molecule has 2 atom stereocenters. The number of rotatable bonds is 18. The molecule has 4 nitrogen and oxygen atoms in total. The average Bonchev–Trinajstić information content (AvgIpc) is 2.59. The zero-order valence-corrected chi connectivity index (χ0v) is 18.0. The molecule has 0 spiro atoms. The van der Waals surface area contributed by atoms with Gasteiger partial charge >= 0.3 is 0 Å². The quantitative estimate of drug-likeness (QED) is 0.294. The largest absolute Gasteiger partial charge is 0.550 e. The molecule has 0 rings (SSSR count). The third-order valence-electron chi connectivity index (χ3n) is 5.52. The summed E-state index contributed by atoms with van der Waals surface area (Å²) in [4.78, 5) is 11.4. The Kier molecular flexibility index (Phi) is 15.1. The minimum absolute atomic E-state index is 0.330. The highest BCUT2D eigenvalue weighted by Crippen LogP contribution is 2.20. The number of quaternary nitrogens is 1. The number of hydrogen-bond acceptors (Lipinski definition) is 3. The molecule has 0 amide bonds. The highest BCUT2D eigenvalue weighted by molar-refractivity contribution is 5.67. The fraction of sp³-hybridized carbons (Fsp3) is 0.955. The van der Waals surface area contributed by atoms with E-state index in [0.717, 1.165) is 56.1 Å². The highest BCUT2D eigenvalue weighted by Gasteiger charge is 2.31. The van der Waals surface area contributed by atoms with E-state index in [4.69, 9.17) is 0 Å². The predicted octanol–water partition coefficient (Wildman–Crippen LogP) is 3.90. The second-order valence-corrected chi connectivity index (χ2v) is 8.29. The zero-order chi connectivity index (χ0) is 19.8. The summed E-state index contributed by atoms with van der Waals surface area (Å²) in [5, 5.41) is 22.1. The van der Waals surface area contributed by atoms with E-state index in [2.05, 4.69) is 20.8 Å². The van der Waals surface area contributed by atoms with Crippen molar-refractivity contribution in [3.05, 3.63) is 0 Å². The summed E-state index contributed by atoms with van der Waals surface area (Å²) < 4.78 is 0.740. The van der Waals surface area contributed by atoms with Crippen LogP contribution in [-0.2, 0) is 4.79 Å². The van der Waals surface area contributed by atoms with Crippen molar-refractivity contribution in [3.8, 4) is 0 Å². The summed E-state index contributed by atoms with van der Waals surface area (Å²) in [6.07, 6.45) is 12.0. The van der Waals surface area contributed by atoms with Gasteiger partial charge in [0.25, 0.3) is 0 Å². The summed E-state index contributed by atoms with van der Waals surface area (Å²) in [5.74, 6) is -1.43. The lowest BCUT2D eigenvalue weighted by molar-refractivity contribution is -0.933. The third-order valence-corrected chi connectivity index (χ3v) is 5.52. The SMILES string of the molecule is CCCCCCC(O)C[N+](CCCCC)(CCCCC)CC(C)C(=O)[O-]. The van der Waals surface area contributed by atoms with Crippen LogP contribution in [-0.4, -0.2) is 47.8 Å². The van der Waals surface area contributed by atoms with Crippen molar-refractivity contribution < 1.29 is 19.5 Å². The number of carboxylic acid groups (broad SMARTS) is 1. The molecule has 2 unspecified atom stereocenters. The standard InChI is InChI=1S/C22H45NO3/c1-5-8-11-12-15-21(24)19-23(16-13-9-6-2,17-14-10-7-3)18-20(4)22(25)26/h20-21,24H,5-19H2,1-4H3. The molecule has 0 saturated heterocycles. The van der Waals surface area contributed by atoms with Crippen molar-refractivity contribution in [1.29, 1.82) is 0 Å². The Hall–Kier alpha value is -0.610. The van der Waals surface area contributed by atoms with Crippen LogP contribution in [0.2, 0.25) is 0 Å². The number of carbonyl (C=O) groups excluding carboxylic acids is 1. The molecule has 0 heterocycles. The molecule has 0 aliphatic carbocycles. The molecule has 26 heavy (non-hydrogen) atoms. The lowest BCUT2D eigenvalue weighted by atomic mass is 10.0. The first-order chi connectivity index (χ1) is 12.4. The van der Waals surface area contributed by atoms with E-state index in [1.54, 1.807) is 6.92 Å². The second-order valence-electron chi connectivity index (χ2n) is 8.29. The fourth-order valence-corrected chi connectivity index (χ4v) is 3.95. The summed E-state index contributed by atoms with van der Waals surface area (Å²) in [7, 11) is 0. The van der Waals surface area contributed by atoms with Crippen LogP contribution in [0, 0.1) is 5.92 Å². The monoisotopic (exact) mass is 371 g/mol. The highest BCUT2D eigenvalue weighted by atomic mass is 16.4. The van der Waals surface area contributed by atoms with E-state index < -0.39 is 11.9 Å². The van der Waals surface area contributed by atoms with Gasteiger partial charge in [-0.25, -0.2) is 0 Å². The van der Waals surface area contributed by atoms with Gasteiger partial charge in [-0.2, -0.15) is 0 Å². The zero-order valence-electron chi connectivity index (χ0n) is 18.0. The Balaban J connectivity index is 5.02. The molecule has 1 N–H and O–H groups in total. The van der Waals surface area contributed by atoms with Crippen molar-refractivity contribution >= 4 is 5.97 Å². The molecule has 0 aliphatic heterocycles. The number of aliphatic hydroxyl groups is 1. The smallest absolute Gasteiger partial charge is 0.105 e. The summed E-state index contributed by atoms with van der Waals surface area (Å²) in [6, 6.07) is 0. The average molecular weight is 372 g/mol. The molecule has 0 fully saturated rings. The number of aliphatic carboxylic acids is 1. The molecular weight excluding hydrogens is 326 g/mol. The number of carbonyl (C=O) groups is 1. The van der Waals surface area contributed by atoms with E-state index in [-0.39, 0.29) is 6.10 Å². The molecule has 0 aromatic rings. The van der Waals surface area contributed by atoms with E-state index in [0.29, 0.717) is 13.1 Å². The first-order valence-corrected chi connectivity index (χ1v) is 11.1. The minimum atomic E-state index is -0.962. The van der Waals surface area contributed by atoms with Gasteiger partial charge in [0.15, 0.2) is 0 Å². The van der Waals surface area contributed by atoms with Gasteiger partial charge < -0.3 is 19.5 Å². The van der Waals surface area contributed by atoms with Gasteiger partial charge in [0.05, 0.1) is 19.6 Å². The maximum Gasteiger partial charge on any atom is 0.105 e. The Bertz CT molecular complexity index is 336. The molecule has 156 valence electrons. The van der Waals surface area contributed by atoms with Crippen molar-refractivity contribution in [2.75, 3.05) is 26.2 Å². The maximum atomic E-state index is 11.4. The van der Waals surface area contributed by atoms with Gasteiger partial charge in [0, 0.05) is 11.9 Å². The third kappa shape index (κ3) is 11.9. The molecule has 0 aliphatic rings. The van der Waals surface area contributed by atoms with Crippen molar-refractivity contribution in [2.24, 2.45) is 5.92 Å². The van der Waals surface area contributed by atoms with E-state index >= 15 is 0 Å². The Morgan fingerprint density at radius 1 is 0.846 bits per heavy atom. The number of aliphatic hydroxyl groups excluding tert-OH is 1. The Morgan fingerprint density at radius 3 is 1.81 bits per heavy atom. The van der Waals surface area contributed by atoms with Gasteiger partial charge in [-0.3, -0.25) is 0 Å². The molecular formula is C22H45NO3. The molecule has 0 aromatic carbocycles. The topological polar surface area (TPSA) is 60.4 Å². The number of hydrogen-bond donors (Lipinski definition) is 1. The summed E-state index contributed by atoms with van der Waals surface area (Å²) >= 11 is 0. The Labute approximate surface area is 162 Å². The van der Waals surface area contributed by atoms with Gasteiger partial charge in [-0.05, 0) is 32.1 Å². The number of nitrogens with zero attached hydrogens (tertiary/aromatic N) is 1. The minimum Gasteiger partial charge on any atom is -0.550 e. The van der Waals surface area contributed by atoms with Crippen LogP contribution in [0.15, 0.2) is 0 Å². The van der Waals surface area contributed by atoms with Crippen molar-refractivity contribution in [3.63, 3.8) is 0 Å². The van der Waals surface area contributed by atoms with E-state index in [9.17, 15) is 15.0 Å². The molecule has 0 radical (unpaired) electrons.